The fourth-order valence-electron chi connectivity index (χ4n) is 1.69. The summed E-state index contributed by atoms with van der Waals surface area (Å²) in [7, 11) is 1.99. The van der Waals surface area contributed by atoms with Crippen molar-refractivity contribution in [2.24, 2.45) is 0 Å². The van der Waals surface area contributed by atoms with Gasteiger partial charge in [0.1, 0.15) is 0 Å². The van der Waals surface area contributed by atoms with Gasteiger partial charge in [-0.25, -0.2) is 0 Å². The second kappa shape index (κ2) is 4.64. The Morgan fingerprint density at radius 3 is 3.00 bits per heavy atom. The van der Waals surface area contributed by atoms with Gasteiger partial charge >= 0.3 is 0 Å². The normalized spacial score (nSPS) is 12.9. The van der Waals surface area contributed by atoms with E-state index >= 15 is 0 Å². The van der Waals surface area contributed by atoms with E-state index in [9.17, 15) is 0 Å². The Kier molecular flexibility index (Phi) is 3.23. The summed E-state index contributed by atoms with van der Waals surface area (Å²) >= 11 is 1.75. The number of hydrogen-bond donors (Lipinski definition) is 1. The molecule has 0 aromatic carbocycles. The SMILES string of the molecule is CNC(C)c1cccn1Cc1ccsc1. The lowest BCUT2D eigenvalue weighted by Gasteiger charge is -2.14. The van der Waals surface area contributed by atoms with E-state index in [1.54, 1.807) is 11.3 Å². The van der Waals surface area contributed by atoms with Crippen LogP contribution < -0.4 is 5.32 Å². The van der Waals surface area contributed by atoms with Crippen molar-refractivity contribution in [2.45, 2.75) is 19.5 Å². The van der Waals surface area contributed by atoms with E-state index in [1.807, 2.05) is 7.05 Å². The van der Waals surface area contributed by atoms with E-state index in [1.165, 1.54) is 11.3 Å². The van der Waals surface area contributed by atoms with Crippen molar-refractivity contribution in [1.29, 1.82) is 0 Å². The molecule has 0 aliphatic heterocycles. The molecule has 15 heavy (non-hydrogen) atoms. The largest absolute Gasteiger partial charge is 0.346 e. The molecule has 2 aromatic rings. The van der Waals surface area contributed by atoms with Crippen LogP contribution >= 0.6 is 11.3 Å². The molecule has 2 aromatic heterocycles. The minimum Gasteiger partial charge on any atom is -0.346 e. The Morgan fingerprint density at radius 1 is 1.47 bits per heavy atom. The lowest BCUT2D eigenvalue weighted by molar-refractivity contribution is 0.590. The zero-order chi connectivity index (χ0) is 10.7. The Morgan fingerprint density at radius 2 is 2.33 bits per heavy atom. The summed E-state index contributed by atoms with van der Waals surface area (Å²) in [6.07, 6.45) is 2.14. The number of nitrogens with one attached hydrogen (secondary N) is 1. The van der Waals surface area contributed by atoms with E-state index in [0.717, 1.165) is 6.54 Å². The maximum absolute atomic E-state index is 3.27. The fourth-order valence-corrected chi connectivity index (χ4v) is 2.35. The van der Waals surface area contributed by atoms with E-state index < -0.39 is 0 Å². The molecule has 1 unspecified atom stereocenters. The van der Waals surface area contributed by atoms with Crippen molar-refractivity contribution >= 4 is 11.3 Å². The van der Waals surface area contributed by atoms with Crippen molar-refractivity contribution in [2.75, 3.05) is 7.05 Å². The van der Waals surface area contributed by atoms with Crippen molar-refractivity contribution in [3.05, 3.63) is 46.4 Å². The predicted octanol–water partition coefficient (Wildman–Crippen LogP) is 2.88. The molecule has 2 heterocycles. The zero-order valence-corrected chi connectivity index (χ0v) is 9.92. The zero-order valence-electron chi connectivity index (χ0n) is 9.10. The summed E-state index contributed by atoms with van der Waals surface area (Å²) in [5.41, 5.74) is 2.71. The Balaban J connectivity index is 2.18. The average molecular weight is 220 g/mol. The molecule has 0 saturated carbocycles. The molecule has 0 aliphatic rings. The molecule has 3 heteroatoms. The van der Waals surface area contributed by atoms with Gasteiger partial charge in [-0.05, 0) is 48.5 Å². The van der Waals surface area contributed by atoms with Gasteiger partial charge in [-0.15, -0.1) is 0 Å². The first kappa shape index (κ1) is 10.5. The van der Waals surface area contributed by atoms with Gasteiger partial charge < -0.3 is 9.88 Å². The lowest BCUT2D eigenvalue weighted by atomic mass is 10.2. The number of hydrogen-bond acceptors (Lipinski definition) is 2. The van der Waals surface area contributed by atoms with Gasteiger partial charge in [-0.2, -0.15) is 11.3 Å². The minimum absolute atomic E-state index is 0.402. The molecule has 0 aliphatic carbocycles. The van der Waals surface area contributed by atoms with E-state index in [4.69, 9.17) is 0 Å². The third-order valence-electron chi connectivity index (χ3n) is 2.67. The Bertz CT molecular complexity index is 403. The maximum atomic E-state index is 3.27. The average Bonchev–Trinajstić information content (AvgIpc) is 2.88. The second-order valence-corrected chi connectivity index (χ2v) is 4.48. The maximum Gasteiger partial charge on any atom is 0.0481 e. The molecule has 1 atom stereocenters. The number of aromatic nitrogens is 1. The highest BCUT2D eigenvalue weighted by Crippen LogP contribution is 2.16. The fraction of sp³-hybridized carbons (Fsp3) is 0.333. The molecule has 2 nitrogen and oxygen atoms in total. The topological polar surface area (TPSA) is 17.0 Å². The second-order valence-electron chi connectivity index (χ2n) is 3.70. The third kappa shape index (κ3) is 2.30. The summed E-state index contributed by atoms with van der Waals surface area (Å²) < 4.78 is 2.29. The van der Waals surface area contributed by atoms with E-state index in [-0.39, 0.29) is 0 Å². The van der Waals surface area contributed by atoms with Crippen LogP contribution in [0.4, 0.5) is 0 Å². The Hall–Kier alpha value is -1.06. The van der Waals surface area contributed by atoms with Crippen LogP contribution in [0, 0.1) is 0 Å². The summed E-state index contributed by atoms with van der Waals surface area (Å²) in [4.78, 5) is 0. The third-order valence-corrected chi connectivity index (χ3v) is 3.41. The Labute approximate surface area is 94.6 Å². The highest BCUT2D eigenvalue weighted by atomic mass is 32.1. The molecule has 0 bridgehead atoms. The van der Waals surface area contributed by atoms with Gasteiger partial charge in [0, 0.05) is 24.5 Å². The van der Waals surface area contributed by atoms with Crippen molar-refractivity contribution in [3.63, 3.8) is 0 Å². The first-order valence-corrected chi connectivity index (χ1v) is 6.09. The quantitative estimate of drug-likeness (QED) is 0.838. The van der Waals surface area contributed by atoms with E-state index in [2.05, 4.69) is 52.0 Å². The molecular weight excluding hydrogens is 204 g/mol. The molecule has 0 fully saturated rings. The first-order chi connectivity index (χ1) is 7.31. The van der Waals surface area contributed by atoms with Gasteiger partial charge in [0.2, 0.25) is 0 Å². The predicted molar refractivity (Wildman–Crippen MR) is 65.3 cm³/mol. The molecule has 2 rings (SSSR count). The monoisotopic (exact) mass is 220 g/mol. The van der Waals surface area contributed by atoms with Crippen molar-refractivity contribution < 1.29 is 0 Å². The summed E-state index contributed by atoms with van der Waals surface area (Å²) in [6, 6.07) is 6.86. The summed E-state index contributed by atoms with van der Waals surface area (Å²) in [5.74, 6) is 0. The van der Waals surface area contributed by atoms with Gasteiger partial charge in [0.25, 0.3) is 0 Å². The molecule has 0 radical (unpaired) electrons. The van der Waals surface area contributed by atoms with Crippen LogP contribution in [0.15, 0.2) is 35.2 Å². The summed E-state index contributed by atoms with van der Waals surface area (Å²) in [5, 5.41) is 7.60. The van der Waals surface area contributed by atoms with Crippen LogP contribution in [0.1, 0.15) is 24.2 Å². The van der Waals surface area contributed by atoms with Crippen LogP contribution in [0.5, 0.6) is 0 Å². The van der Waals surface area contributed by atoms with Crippen LogP contribution in [-0.2, 0) is 6.54 Å². The van der Waals surface area contributed by atoms with Crippen LogP contribution in [0.2, 0.25) is 0 Å². The molecule has 1 N–H and O–H groups in total. The van der Waals surface area contributed by atoms with Crippen LogP contribution in [0.3, 0.4) is 0 Å². The smallest absolute Gasteiger partial charge is 0.0481 e. The van der Waals surface area contributed by atoms with Gasteiger partial charge in [0.05, 0.1) is 0 Å². The van der Waals surface area contributed by atoms with Crippen molar-refractivity contribution in [3.8, 4) is 0 Å². The van der Waals surface area contributed by atoms with Gasteiger partial charge in [-0.1, -0.05) is 0 Å². The standard InChI is InChI=1S/C12H16N2S/c1-10(13-2)12-4-3-6-14(12)8-11-5-7-15-9-11/h3-7,9-10,13H,8H2,1-2H3. The lowest BCUT2D eigenvalue weighted by Crippen LogP contribution is -2.16. The summed E-state index contributed by atoms with van der Waals surface area (Å²) in [6.45, 7) is 3.15. The molecule has 0 spiro atoms. The molecule has 80 valence electrons. The molecular formula is C12H16N2S. The first-order valence-electron chi connectivity index (χ1n) is 5.14. The van der Waals surface area contributed by atoms with Crippen molar-refractivity contribution in [1.82, 2.24) is 9.88 Å². The number of thiophene rings is 1. The van der Waals surface area contributed by atoms with Gasteiger partial charge in [-0.3, -0.25) is 0 Å². The van der Waals surface area contributed by atoms with E-state index in [0.29, 0.717) is 6.04 Å². The van der Waals surface area contributed by atoms with Crippen LogP contribution in [0.25, 0.3) is 0 Å². The molecule has 0 saturated heterocycles. The van der Waals surface area contributed by atoms with Crippen LogP contribution in [-0.4, -0.2) is 11.6 Å². The number of rotatable bonds is 4. The molecule has 0 amide bonds. The highest BCUT2D eigenvalue weighted by molar-refractivity contribution is 7.07. The van der Waals surface area contributed by atoms with Gasteiger partial charge in [0.15, 0.2) is 0 Å². The minimum atomic E-state index is 0.402. The number of nitrogens with zero attached hydrogens (tertiary/aromatic N) is 1. The highest BCUT2D eigenvalue weighted by Gasteiger charge is 2.07.